The fraction of sp³-hybridized carbons (Fsp3) is 0.462. The zero-order valence-corrected chi connectivity index (χ0v) is 10.2. The Labute approximate surface area is 101 Å². The number of hydrogen-bond acceptors (Lipinski definition) is 3. The van der Waals surface area contributed by atoms with Gasteiger partial charge in [0.15, 0.2) is 6.10 Å². The van der Waals surface area contributed by atoms with E-state index in [0.29, 0.717) is 17.5 Å². The van der Waals surface area contributed by atoms with Gasteiger partial charge in [0.05, 0.1) is 0 Å². The van der Waals surface area contributed by atoms with Gasteiger partial charge in [-0.3, -0.25) is 4.79 Å². The van der Waals surface area contributed by atoms with Crippen LogP contribution >= 0.6 is 0 Å². The van der Waals surface area contributed by atoms with Crippen LogP contribution in [-0.4, -0.2) is 18.1 Å². The van der Waals surface area contributed by atoms with Gasteiger partial charge in [0.2, 0.25) is 0 Å². The van der Waals surface area contributed by atoms with Crippen LogP contribution in [0.3, 0.4) is 0 Å². The van der Waals surface area contributed by atoms with Crippen LogP contribution in [0, 0.1) is 6.92 Å². The van der Waals surface area contributed by atoms with Gasteiger partial charge in [-0.15, -0.1) is 0 Å². The molecule has 17 heavy (non-hydrogen) atoms. The van der Waals surface area contributed by atoms with Crippen molar-refractivity contribution in [1.82, 2.24) is 5.32 Å². The molecule has 0 heterocycles. The molecule has 1 aromatic rings. The van der Waals surface area contributed by atoms with E-state index in [-0.39, 0.29) is 5.91 Å². The van der Waals surface area contributed by atoms with Crippen LogP contribution < -0.4 is 15.8 Å². The Bertz CT molecular complexity index is 427. The standard InChI is InChI=1S/C13H18N2O2/c1-8-3-4-10(14)7-12(8)17-9(2)13(16)15-11-5-6-11/h3-4,7,9,11H,5-6,14H2,1-2H3,(H,15,16). The van der Waals surface area contributed by atoms with Gasteiger partial charge in [-0.25, -0.2) is 0 Å². The van der Waals surface area contributed by atoms with Gasteiger partial charge in [0.25, 0.3) is 5.91 Å². The van der Waals surface area contributed by atoms with Crippen molar-refractivity contribution >= 4 is 11.6 Å². The third-order valence-electron chi connectivity index (χ3n) is 2.81. The molecule has 1 atom stereocenters. The topological polar surface area (TPSA) is 64.3 Å². The average molecular weight is 234 g/mol. The molecule has 1 saturated carbocycles. The summed E-state index contributed by atoms with van der Waals surface area (Å²) in [7, 11) is 0. The van der Waals surface area contributed by atoms with Crippen molar-refractivity contribution in [3.8, 4) is 5.75 Å². The van der Waals surface area contributed by atoms with E-state index < -0.39 is 6.10 Å². The molecule has 4 heteroatoms. The van der Waals surface area contributed by atoms with Crippen LogP contribution in [-0.2, 0) is 4.79 Å². The molecule has 0 aliphatic heterocycles. The summed E-state index contributed by atoms with van der Waals surface area (Å²) < 4.78 is 5.62. The monoisotopic (exact) mass is 234 g/mol. The number of rotatable bonds is 4. The van der Waals surface area contributed by atoms with Crippen LogP contribution in [0.15, 0.2) is 18.2 Å². The minimum atomic E-state index is -0.490. The molecule has 0 bridgehead atoms. The second kappa shape index (κ2) is 4.65. The van der Waals surface area contributed by atoms with Gasteiger partial charge in [-0.1, -0.05) is 6.07 Å². The van der Waals surface area contributed by atoms with E-state index in [1.165, 1.54) is 0 Å². The third kappa shape index (κ3) is 3.12. The van der Waals surface area contributed by atoms with E-state index >= 15 is 0 Å². The summed E-state index contributed by atoms with van der Waals surface area (Å²) >= 11 is 0. The van der Waals surface area contributed by atoms with E-state index in [2.05, 4.69) is 5.32 Å². The van der Waals surface area contributed by atoms with Crippen molar-refractivity contribution in [2.24, 2.45) is 0 Å². The molecule has 1 aromatic carbocycles. The Morgan fingerprint density at radius 2 is 2.24 bits per heavy atom. The number of nitrogen functional groups attached to an aromatic ring is 1. The van der Waals surface area contributed by atoms with Gasteiger partial charge in [0, 0.05) is 17.8 Å². The fourth-order valence-corrected chi connectivity index (χ4v) is 1.53. The number of carbonyl (C=O) groups is 1. The highest BCUT2D eigenvalue weighted by Gasteiger charge is 2.26. The van der Waals surface area contributed by atoms with Crippen molar-refractivity contribution in [2.45, 2.75) is 38.8 Å². The molecule has 3 N–H and O–H groups in total. The maximum atomic E-state index is 11.7. The Morgan fingerprint density at radius 3 is 2.88 bits per heavy atom. The second-order valence-electron chi connectivity index (χ2n) is 4.57. The number of carbonyl (C=O) groups excluding carboxylic acids is 1. The number of nitrogens with two attached hydrogens (primary N) is 1. The van der Waals surface area contributed by atoms with Crippen LogP contribution in [0.1, 0.15) is 25.3 Å². The summed E-state index contributed by atoms with van der Waals surface area (Å²) in [4.78, 5) is 11.7. The first-order valence-corrected chi connectivity index (χ1v) is 5.89. The Hall–Kier alpha value is -1.71. The van der Waals surface area contributed by atoms with Crippen LogP contribution in [0.25, 0.3) is 0 Å². The molecule has 0 spiro atoms. The number of anilines is 1. The minimum absolute atomic E-state index is 0.0608. The molecule has 2 rings (SSSR count). The number of nitrogens with one attached hydrogen (secondary N) is 1. The van der Waals surface area contributed by atoms with E-state index in [0.717, 1.165) is 18.4 Å². The smallest absolute Gasteiger partial charge is 0.260 e. The zero-order chi connectivity index (χ0) is 12.4. The van der Waals surface area contributed by atoms with E-state index in [9.17, 15) is 4.79 Å². The lowest BCUT2D eigenvalue weighted by molar-refractivity contribution is -0.127. The zero-order valence-electron chi connectivity index (χ0n) is 10.2. The van der Waals surface area contributed by atoms with Gasteiger partial charge in [0.1, 0.15) is 5.75 Å². The highest BCUT2D eigenvalue weighted by Crippen LogP contribution is 2.23. The van der Waals surface area contributed by atoms with Crippen LogP contribution in [0.2, 0.25) is 0 Å². The van der Waals surface area contributed by atoms with Gasteiger partial charge in [-0.2, -0.15) is 0 Å². The maximum Gasteiger partial charge on any atom is 0.260 e. The highest BCUT2D eigenvalue weighted by molar-refractivity contribution is 5.81. The van der Waals surface area contributed by atoms with Gasteiger partial charge < -0.3 is 15.8 Å². The lowest BCUT2D eigenvalue weighted by atomic mass is 10.2. The molecule has 1 aliphatic rings. The number of amides is 1. The summed E-state index contributed by atoms with van der Waals surface area (Å²) in [6, 6.07) is 5.80. The first-order valence-electron chi connectivity index (χ1n) is 5.89. The van der Waals surface area contributed by atoms with E-state index in [1.54, 1.807) is 13.0 Å². The summed E-state index contributed by atoms with van der Waals surface area (Å²) in [6.45, 7) is 3.68. The molecule has 1 amide bonds. The summed E-state index contributed by atoms with van der Waals surface area (Å²) in [5, 5.41) is 2.91. The normalized spacial score (nSPS) is 16.4. The third-order valence-corrected chi connectivity index (χ3v) is 2.81. The van der Waals surface area contributed by atoms with Crippen molar-refractivity contribution < 1.29 is 9.53 Å². The van der Waals surface area contributed by atoms with Crippen molar-refractivity contribution in [3.63, 3.8) is 0 Å². The van der Waals surface area contributed by atoms with Crippen molar-refractivity contribution in [3.05, 3.63) is 23.8 Å². The van der Waals surface area contributed by atoms with Crippen LogP contribution in [0.5, 0.6) is 5.75 Å². The predicted octanol–water partition coefficient (Wildman–Crippen LogP) is 1.62. The quantitative estimate of drug-likeness (QED) is 0.778. The average Bonchev–Trinajstić information content (AvgIpc) is 3.07. The lowest BCUT2D eigenvalue weighted by Crippen LogP contribution is -2.37. The lowest BCUT2D eigenvalue weighted by Gasteiger charge is -2.16. The fourth-order valence-electron chi connectivity index (χ4n) is 1.53. The molecule has 1 unspecified atom stereocenters. The SMILES string of the molecule is Cc1ccc(N)cc1OC(C)C(=O)NC1CC1. The molecule has 92 valence electrons. The van der Waals surface area contributed by atoms with Gasteiger partial charge in [-0.05, 0) is 38.3 Å². The van der Waals surface area contributed by atoms with E-state index in [4.69, 9.17) is 10.5 Å². The molecule has 0 radical (unpaired) electrons. The maximum absolute atomic E-state index is 11.7. The minimum Gasteiger partial charge on any atom is -0.481 e. The first kappa shape index (κ1) is 11.8. The number of benzene rings is 1. The highest BCUT2D eigenvalue weighted by atomic mass is 16.5. The van der Waals surface area contributed by atoms with Crippen molar-refractivity contribution in [1.29, 1.82) is 0 Å². The predicted molar refractivity (Wildman–Crippen MR) is 66.8 cm³/mol. The van der Waals surface area contributed by atoms with Gasteiger partial charge >= 0.3 is 0 Å². The molecule has 1 aliphatic carbocycles. The number of aryl methyl sites for hydroxylation is 1. The number of hydrogen-bond donors (Lipinski definition) is 2. The number of ether oxygens (including phenoxy) is 1. The van der Waals surface area contributed by atoms with E-state index in [1.807, 2.05) is 19.1 Å². The molecule has 0 aromatic heterocycles. The Kier molecular flexibility index (Phi) is 3.22. The summed E-state index contributed by atoms with van der Waals surface area (Å²) in [5.74, 6) is 0.609. The largest absolute Gasteiger partial charge is 0.481 e. The second-order valence-corrected chi connectivity index (χ2v) is 4.57. The van der Waals surface area contributed by atoms with Crippen LogP contribution in [0.4, 0.5) is 5.69 Å². The molecular formula is C13H18N2O2. The molecule has 4 nitrogen and oxygen atoms in total. The molecule has 0 saturated heterocycles. The molecular weight excluding hydrogens is 216 g/mol. The first-order chi connectivity index (χ1) is 8.06. The Balaban J connectivity index is 1.98. The summed E-state index contributed by atoms with van der Waals surface area (Å²) in [5.41, 5.74) is 7.31. The Morgan fingerprint density at radius 1 is 1.53 bits per heavy atom. The summed E-state index contributed by atoms with van der Waals surface area (Å²) in [6.07, 6.45) is 1.67. The molecule has 1 fully saturated rings. The van der Waals surface area contributed by atoms with Crippen molar-refractivity contribution in [2.75, 3.05) is 5.73 Å².